The first-order valence-electron chi connectivity index (χ1n) is 5.48. The molecular formula is C13H21NO2. The zero-order valence-electron chi connectivity index (χ0n) is 10.7. The summed E-state index contributed by atoms with van der Waals surface area (Å²) in [5.41, 5.74) is 7.35. The number of rotatable bonds is 3. The minimum Gasteiger partial charge on any atom is -0.504 e. The molecule has 0 saturated heterocycles. The number of methoxy groups -OCH3 is 1. The molecule has 0 aromatic heterocycles. The molecule has 3 N–H and O–H groups in total. The summed E-state index contributed by atoms with van der Waals surface area (Å²) in [5.74, 6) is 0.939. The number of hydrogen-bond acceptors (Lipinski definition) is 3. The van der Waals surface area contributed by atoms with Gasteiger partial charge < -0.3 is 15.6 Å². The minimum absolute atomic E-state index is 0.154. The van der Waals surface area contributed by atoms with Crippen LogP contribution >= 0.6 is 0 Å². The van der Waals surface area contributed by atoms with Crippen LogP contribution < -0.4 is 10.5 Å². The fourth-order valence-electron chi connectivity index (χ4n) is 1.91. The summed E-state index contributed by atoms with van der Waals surface area (Å²) >= 11 is 0. The van der Waals surface area contributed by atoms with Crippen molar-refractivity contribution in [2.45, 2.75) is 39.2 Å². The second kappa shape index (κ2) is 4.34. The highest BCUT2D eigenvalue weighted by atomic mass is 16.5. The summed E-state index contributed by atoms with van der Waals surface area (Å²) in [6, 6.07) is 3.74. The average molecular weight is 223 g/mol. The first-order chi connectivity index (χ1) is 7.29. The third-order valence-corrected chi connectivity index (χ3v) is 2.66. The first-order valence-corrected chi connectivity index (χ1v) is 5.48. The lowest BCUT2D eigenvalue weighted by Crippen LogP contribution is -2.30. The van der Waals surface area contributed by atoms with E-state index in [-0.39, 0.29) is 5.75 Å². The lowest BCUT2D eigenvalue weighted by molar-refractivity contribution is 0.361. The maximum Gasteiger partial charge on any atom is 0.163 e. The Morgan fingerprint density at radius 1 is 1.31 bits per heavy atom. The SMILES string of the molecule is COc1ccc(C(C)C)c(C(C)(C)N)c1O. The molecule has 0 radical (unpaired) electrons. The van der Waals surface area contributed by atoms with E-state index in [0.29, 0.717) is 11.7 Å². The largest absolute Gasteiger partial charge is 0.504 e. The predicted octanol–water partition coefficient (Wildman–Crippen LogP) is 2.72. The third-order valence-electron chi connectivity index (χ3n) is 2.66. The Bertz CT molecular complexity index is 378. The quantitative estimate of drug-likeness (QED) is 0.828. The molecule has 16 heavy (non-hydrogen) atoms. The predicted molar refractivity (Wildman–Crippen MR) is 66.0 cm³/mol. The van der Waals surface area contributed by atoms with Crippen LogP contribution in [0.15, 0.2) is 12.1 Å². The molecule has 0 aliphatic rings. The van der Waals surface area contributed by atoms with Crippen LogP contribution in [-0.4, -0.2) is 12.2 Å². The highest BCUT2D eigenvalue weighted by Crippen LogP contribution is 2.40. The van der Waals surface area contributed by atoms with Crippen LogP contribution in [-0.2, 0) is 5.54 Å². The molecule has 90 valence electrons. The van der Waals surface area contributed by atoms with Gasteiger partial charge in [-0.1, -0.05) is 19.9 Å². The Hall–Kier alpha value is -1.22. The van der Waals surface area contributed by atoms with Gasteiger partial charge >= 0.3 is 0 Å². The van der Waals surface area contributed by atoms with Gasteiger partial charge in [-0.15, -0.1) is 0 Å². The van der Waals surface area contributed by atoms with Gasteiger partial charge in [-0.25, -0.2) is 0 Å². The molecular weight excluding hydrogens is 202 g/mol. The monoisotopic (exact) mass is 223 g/mol. The van der Waals surface area contributed by atoms with Gasteiger partial charge in [-0.2, -0.15) is 0 Å². The number of phenols is 1. The van der Waals surface area contributed by atoms with Gasteiger partial charge in [0.2, 0.25) is 0 Å². The first kappa shape index (κ1) is 12.8. The van der Waals surface area contributed by atoms with E-state index in [1.165, 1.54) is 7.11 Å². The Morgan fingerprint density at radius 2 is 1.88 bits per heavy atom. The number of aromatic hydroxyl groups is 1. The van der Waals surface area contributed by atoms with Gasteiger partial charge in [0.25, 0.3) is 0 Å². The normalized spacial score (nSPS) is 11.9. The zero-order valence-corrected chi connectivity index (χ0v) is 10.7. The molecule has 0 saturated carbocycles. The molecule has 0 heterocycles. The van der Waals surface area contributed by atoms with E-state index in [1.807, 2.05) is 19.9 Å². The van der Waals surface area contributed by atoms with Crippen molar-refractivity contribution < 1.29 is 9.84 Å². The van der Waals surface area contributed by atoms with Gasteiger partial charge in [0.05, 0.1) is 7.11 Å². The van der Waals surface area contributed by atoms with Crippen LogP contribution in [0.25, 0.3) is 0 Å². The molecule has 0 atom stereocenters. The van der Waals surface area contributed by atoms with Crippen molar-refractivity contribution in [2.24, 2.45) is 5.73 Å². The van der Waals surface area contributed by atoms with Crippen LogP contribution in [0.2, 0.25) is 0 Å². The van der Waals surface area contributed by atoms with E-state index in [2.05, 4.69) is 13.8 Å². The van der Waals surface area contributed by atoms with Crippen molar-refractivity contribution in [1.82, 2.24) is 0 Å². The van der Waals surface area contributed by atoms with Crippen molar-refractivity contribution in [2.75, 3.05) is 7.11 Å². The molecule has 3 nitrogen and oxygen atoms in total. The van der Waals surface area contributed by atoms with E-state index in [0.717, 1.165) is 11.1 Å². The van der Waals surface area contributed by atoms with Crippen LogP contribution in [0.1, 0.15) is 44.7 Å². The van der Waals surface area contributed by atoms with Crippen LogP contribution in [0.4, 0.5) is 0 Å². The highest BCUT2D eigenvalue weighted by molar-refractivity contribution is 5.53. The maximum atomic E-state index is 10.1. The Balaban J connectivity index is 3.50. The lowest BCUT2D eigenvalue weighted by Gasteiger charge is -2.26. The van der Waals surface area contributed by atoms with Gasteiger partial charge in [0.15, 0.2) is 11.5 Å². The van der Waals surface area contributed by atoms with Gasteiger partial charge in [-0.05, 0) is 31.4 Å². The smallest absolute Gasteiger partial charge is 0.163 e. The van der Waals surface area contributed by atoms with Gasteiger partial charge in [0.1, 0.15) is 0 Å². The number of benzene rings is 1. The van der Waals surface area contributed by atoms with Crippen LogP contribution in [0.5, 0.6) is 11.5 Å². The van der Waals surface area contributed by atoms with Crippen LogP contribution in [0.3, 0.4) is 0 Å². The summed E-state index contributed by atoms with van der Waals surface area (Å²) in [4.78, 5) is 0. The number of ether oxygens (including phenoxy) is 1. The summed E-state index contributed by atoms with van der Waals surface area (Å²) in [6.45, 7) is 7.92. The number of phenolic OH excluding ortho intramolecular Hbond substituents is 1. The van der Waals surface area contributed by atoms with Crippen molar-refractivity contribution in [3.05, 3.63) is 23.3 Å². The number of nitrogens with two attached hydrogens (primary N) is 1. The Kier molecular flexibility index (Phi) is 3.48. The summed E-state index contributed by atoms with van der Waals surface area (Å²) < 4.78 is 5.11. The van der Waals surface area contributed by atoms with E-state index in [9.17, 15) is 5.11 Å². The fourth-order valence-corrected chi connectivity index (χ4v) is 1.91. The molecule has 0 aliphatic carbocycles. The van der Waals surface area contributed by atoms with E-state index in [4.69, 9.17) is 10.5 Å². The molecule has 0 unspecified atom stereocenters. The topological polar surface area (TPSA) is 55.5 Å². The lowest BCUT2D eigenvalue weighted by atomic mass is 9.85. The van der Waals surface area contributed by atoms with Crippen LogP contribution in [0, 0.1) is 0 Å². The zero-order chi connectivity index (χ0) is 12.5. The molecule has 3 heteroatoms. The Morgan fingerprint density at radius 3 is 2.25 bits per heavy atom. The third kappa shape index (κ3) is 2.30. The summed E-state index contributed by atoms with van der Waals surface area (Å²) in [7, 11) is 1.54. The second-order valence-corrected chi connectivity index (χ2v) is 4.96. The average Bonchev–Trinajstić information content (AvgIpc) is 2.14. The number of hydrogen-bond donors (Lipinski definition) is 2. The molecule has 0 bridgehead atoms. The summed E-state index contributed by atoms with van der Waals surface area (Å²) in [6.07, 6.45) is 0. The Labute approximate surface area is 97.2 Å². The van der Waals surface area contributed by atoms with E-state index < -0.39 is 5.54 Å². The molecule has 1 rings (SSSR count). The van der Waals surface area contributed by atoms with Crippen molar-refractivity contribution in [3.63, 3.8) is 0 Å². The molecule has 0 fully saturated rings. The second-order valence-electron chi connectivity index (χ2n) is 4.96. The van der Waals surface area contributed by atoms with E-state index >= 15 is 0 Å². The molecule has 0 amide bonds. The van der Waals surface area contributed by atoms with Crippen molar-refractivity contribution >= 4 is 0 Å². The standard InChI is InChI=1S/C13H21NO2/c1-8(2)9-6-7-10(16-5)12(15)11(9)13(3,4)14/h6-8,15H,14H2,1-5H3. The maximum absolute atomic E-state index is 10.1. The minimum atomic E-state index is -0.585. The molecule has 1 aromatic rings. The molecule has 1 aromatic carbocycles. The van der Waals surface area contributed by atoms with Crippen molar-refractivity contribution in [3.8, 4) is 11.5 Å². The summed E-state index contributed by atoms with van der Waals surface area (Å²) in [5, 5.41) is 10.1. The highest BCUT2D eigenvalue weighted by Gasteiger charge is 2.26. The van der Waals surface area contributed by atoms with E-state index in [1.54, 1.807) is 6.07 Å². The molecule has 0 aliphatic heterocycles. The van der Waals surface area contributed by atoms with Gasteiger partial charge in [0, 0.05) is 11.1 Å². The van der Waals surface area contributed by atoms with Crippen molar-refractivity contribution in [1.29, 1.82) is 0 Å². The molecule has 0 spiro atoms. The fraction of sp³-hybridized carbons (Fsp3) is 0.538. The van der Waals surface area contributed by atoms with Gasteiger partial charge in [-0.3, -0.25) is 0 Å².